The van der Waals surface area contributed by atoms with Gasteiger partial charge in [-0.1, -0.05) is 32.4 Å². The summed E-state index contributed by atoms with van der Waals surface area (Å²) in [5.41, 5.74) is 0. The Balaban J connectivity index is 2.21. The highest BCUT2D eigenvalue weighted by molar-refractivity contribution is 7.85. The molecule has 0 spiro atoms. The molecule has 4 unspecified atom stereocenters. The maximum atomic E-state index is 13.9. The van der Waals surface area contributed by atoms with E-state index >= 15 is 0 Å². The van der Waals surface area contributed by atoms with Crippen LogP contribution in [0.5, 0.6) is 0 Å². The van der Waals surface area contributed by atoms with Gasteiger partial charge in [-0.3, -0.25) is 4.21 Å². The van der Waals surface area contributed by atoms with Crippen molar-refractivity contribution < 1.29 is 8.60 Å². The fraction of sp³-hybridized carbons (Fsp3) is 0.625. The molecule has 20 heavy (non-hydrogen) atoms. The van der Waals surface area contributed by atoms with Gasteiger partial charge < -0.3 is 5.32 Å². The smallest absolute Gasteiger partial charge is 0.139 e. The summed E-state index contributed by atoms with van der Waals surface area (Å²) in [5, 5.41) is 3.45. The van der Waals surface area contributed by atoms with Gasteiger partial charge in [0, 0.05) is 6.04 Å². The monoisotopic (exact) mass is 297 g/mol. The first-order chi connectivity index (χ1) is 9.67. The number of rotatable bonds is 5. The van der Waals surface area contributed by atoms with E-state index in [-0.39, 0.29) is 17.1 Å². The van der Waals surface area contributed by atoms with Gasteiger partial charge in [0.15, 0.2) is 0 Å². The highest BCUT2D eigenvalue weighted by Crippen LogP contribution is 2.32. The minimum absolute atomic E-state index is 0.0190. The predicted molar refractivity (Wildman–Crippen MR) is 81.7 cm³/mol. The lowest BCUT2D eigenvalue weighted by atomic mass is 9.84. The SMILES string of the molecule is CCNC1CCC(CC)CC1S(=O)c1ccccc1F. The largest absolute Gasteiger partial charge is 0.313 e. The lowest BCUT2D eigenvalue weighted by Crippen LogP contribution is -2.46. The maximum absolute atomic E-state index is 13.9. The van der Waals surface area contributed by atoms with Gasteiger partial charge in [-0.2, -0.15) is 0 Å². The van der Waals surface area contributed by atoms with E-state index in [1.807, 2.05) is 0 Å². The molecule has 112 valence electrons. The summed E-state index contributed by atoms with van der Waals surface area (Å²) in [6.07, 6.45) is 4.26. The normalized spacial score (nSPS) is 28.2. The first kappa shape index (κ1) is 15.6. The zero-order valence-corrected chi connectivity index (χ0v) is 13.1. The van der Waals surface area contributed by atoms with Crippen molar-refractivity contribution >= 4 is 10.8 Å². The number of nitrogens with one attached hydrogen (secondary N) is 1. The molecule has 2 nitrogen and oxygen atoms in total. The van der Waals surface area contributed by atoms with Crippen LogP contribution in [-0.4, -0.2) is 22.0 Å². The molecule has 4 heteroatoms. The van der Waals surface area contributed by atoms with E-state index < -0.39 is 10.8 Å². The summed E-state index contributed by atoms with van der Waals surface area (Å²) in [4.78, 5) is 0.358. The molecule has 0 amide bonds. The average molecular weight is 297 g/mol. The molecule has 0 aliphatic heterocycles. The molecule has 1 aliphatic rings. The van der Waals surface area contributed by atoms with E-state index in [1.165, 1.54) is 12.5 Å². The number of halogens is 1. The van der Waals surface area contributed by atoms with Gasteiger partial charge in [-0.15, -0.1) is 0 Å². The second-order valence-corrected chi connectivity index (χ2v) is 7.16. The van der Waals surface area contributed by atoms with Crippen molar-refractivity contribution in [1.82, 2.24) is 5.32 Å². The molecule has 0 radical (unpaired) electrons. The first-order valence-electron chi connectivity index (χ1n) is 7.55. The maximum Gasteiger partial charge on any atom is 0.139 e. The molecule has 1 fully saturated rings. The third-order valence-electron chi connectivity index (χ3n) is 4.27. The van der Waals surface area contributed by atoms with Gasteiger partial charge in [0.1, 0.15) is 5.82 Å². The fourth-order valence-corrected chi connectivity index (χ4v) is 4.86. The van der Waals surface area contributed by atoms with E-state index in [0.717, 1.165) is 25.8 Å². The van der Waals surface area contributed by atoms with Gasteiger partial charge in [-0.25, -0.2) is 4.39 Å². The van der Waals surface area contributed by atoms with Crippen LogP contribution < -0.4 is 5.32 Å². The van der Waals surface area contributed by atoms with Gasteiger partial charge >= 0.3 is 0 Å². The third-order valence-corrected chi connectivity index (χ3v) is 6.11. The van der Waals surface area contributed by atoms with E-state index in [4.69, 9.17) is 0 Å². The average Bonchev–Trinajstić information content (AvgIpc) is 2.48. The highest BCUT2D eigenvalue weighted by atomic mass is 32.2. The van der Waals surface area contributed by atoms with Gasteiger partial charge in [0.05, 0.1) is 20.9 Å². The highest BCUT2D eigenvalue weighted by Gasteiger charge is 2.34. The number of hydrogen-bond donors (Lipinski definition) is 1. The molecule has 0 bridgehead atoms. The Kier molecular flexibility index (Phi) is 5.73. The minimum Gasteiger partial charge on any atom is -0.313 e. The second kappa shape index (κ2) is 7.32. The topological polar surface area (TPSA) is 29.1 Å². The van der Waals surface area contributed by atoms with Crippen molar-refractivity contribution in [3.05, 3.63) is 30.1 Å². The lowest BCUT2D eigenvalue weighted by Gasteiger charge is -2.35. The molecule has 1 saturated carbocycles. The van der Waals surface area contributed by atoms with Crippen LogP contribution in [-0.2, 0) is 10.8 Å². The minimum atomic E-state index is -1.27. The van der Waals surface area contributed by atoms with Gasteiger partial charge in [-0.05, 0) is 43.9 Å². The molecular weight excluding hydrogens is 273 g/mol. The molecule has 1 N–H and O–H groups in total. The number of hydrogen-bond acceptors (Lipinski definition) is 2. The molecule has 0 heterocycles. The molecule has 1 aromatic rings. The van der Waals surface area contributed by atoms with E-state index in [9.17, 15) is 8.60 Å². The van der Waals surface area contributed by atoms with Crippen molar-refractivity contribution in [2.24, 2.45) is 5.92 Å². The van der Waals surface area contributed by atoms with Crippen molar-refractivity contribution in [3.63, 3.8) is 0 Å². The van der Waals surface area contributed by atoms with Gasteiger partial charge in [0.2, 0.25) is 0 Å². The van der Waals surface area contributed by atoms with Crippen LogP contribution in [0.2, 0.25) is 0 Å². The van der Waals surface area contributed by atoms with E-state index in [1.54, 1.807) is 18.2 Å². The Morgan fingerprint density at radius 2 is 2.05 bits per heavy atom. The van der Waals surface area contributed by atoms with Gasteiger partial charge in [0.25, 0.3) is 0 Å². The quantitative estimate of drug-likeness (QED) is 0.901. The molecule has 4 atom stereocenters. The van der Waals surface area contributed by atoms with Crippen molar-refractivity contribution in [2.45, 2.75) is 55.7 Å². The van der Waals surface area contributed by atoms with Crippen LogP contribution in [0.3, 0.4) is 0 Å². The Morgan fingerprint density at radius 1 is 1.30 bits per heavy atom. The second-order valence-electron chi connectivity index (χ2n) is 5.52. The van der Waals surface area contributed by atoms with E-state index in [0.29, 0.717) is 10.8 Å². The molecule has 0 saturated heterocycles. The predicted octanol–water partition coefficient (Wildman–Crippen LogP) is 3.49. The Morgan fingerprint density at radius 3 is 2.70 bits per heavy atom. The Labute approximate surface area is 123 Å². The zero-order chi connectivity index (χ0) is 14.5. The fourth-order valence-electron chi connectivity index (χ4n) is 3.09. The third kappa shape index (κ3) is 3.47. The van der Waals surface area contributed by atoms with Crippen molar-refractivity contribution in [1.29, 1.82) is 0 Å². The Bertz CT molecular complexity index is 466. The summed E-state index contributed by atoms with van der Waals surface area (Å²) in [5.74, 6) is 0.269. The zero-order valence-electron chi connectivity index (χ0n) is 12.3. The molecule has 1 aliphatic carbocycles. The first-order valence-corrected chi connectivity index (χ1v) is 8.77. The lowest BCUT2D eigenvalue weighted by molar-refractivity contribution is 0.294. The molecule has 2 rings (SSSR count). The summed E-state index contributed by atoms with van der Waals surface area (Å²) in [6, 6.07) is 6.70. The molecule has 0 aromatic heterocycles. The molecular formula is C16H24FNOS. The molecule has 1 aromatic carbocycles. The van der Waals surface area contributed by atoms with Crippen LogP contribution in [0.1, 0.15) is 39.5 Å². The van der Waals surface area contributed by atoms with Crippen LogP contribution in [0.4, 0.5) is 4.39 Å². The van der Waals surface area contributed by atoms with E-state index in [2.05, 4.69) is 19.2 Å². The van der Waals surface area contributed by atoms with Crippen LogP contribution in [0.25, 0.3) is 0 Å². The summed E-state index contributed by atoms with van der Waals surface area (Å²) in [7, 11) is -1.27. The van der Waals surface area contributed by atoms with Crippen LogP contribution in [0.15, 0.2) is 29.2 Å². The van der Waals surface area contributed by atoms with Crippen molar-refractivity contribution in [2.75, 3.05) is 6.54 Å². The van der Waals surface area contributed by atoms with Crippen molar-refractivity contribution in [3.8, 4) is 0 Å². The number of benzene rings is 1. The Hall–Kier alpha value is -0.740. The van der Waals surface area contributed by atoms with Crippen LogP contribution in [0, 0.1) is 11.7 Å². The summed E-state index contributed by atoms with van der Waals surface area (Å²) < 4.78 is 26.7. The van der Waals surface area contributed by atoms with Crippen LogP contribution >= 0.6 is 0 Å². The summed E-state index contributed by atoms with van der Waals surface area (Å²) in [6.45, 7) is 5.11. The summed E-state index contributed by atoms with van der Waals surface area (Å²) >= 11 is 0. The standard InChI is InChI=1S/C16H24FNOS/c1-3-12-9-10-14(18-4-2)16(11-12)20(19)15-8-6-5-7-13(15)17/h5-8,12,14,16,18H,3-4,9-11H2,1-2H3.